The number of nitrogens with zero attached hydrogens (tertiary/aromatic N) is 1. The van der Waals surface area contributed by atoms with Gasteiger partial charge in [0.15, 0.2) is 0 Å². The lowest BCUT2D eigenvalue weighted by atomic mass is 9.78. The largest absolute Gasteiger partial charge is 0.394 e. The summed E-state index contributed by atoms with van der Waals surface area (Å²) in [5.74, 6) is 0.834. The lowest BCUT2D eigenvalue weighted by Gasteiger charge is -2.36. The van der Waals surface area contributed by atoms with Gasteiger partial charge in [-0.1, -0.05) is 13.3 Å². The maximum Gasteiger partial charge on any atom is 0.119 e. The maximum absolute atomic E-state index is 8.73. The van der Waals surface area contributed by atoms with Crippen molar-refractivity contribution in [1.29, 1.82) is 5.26 Å². The standard InChI is InChI=1S/C9H16N2O/c1-2-7-3-8(4-7)11-9(5-10)6-12/h7-9,11-12H,2-4,6H2,1H3. The molecule has 0 aromatic rings. The van der Waals surface area contributed by atoms with E-state index in [1.165, 1.54) is 6.42 Å². The van der Waals surface area contributed by atoms with E-state index in [0.717, 1.165) is 18.8 Å². The van der Waals surface area contributed by atoms with Gasteiger partial charge in [0.1, 0.15) is 6.04 Å². The Morgan fingerprint density at radius 2 is 2.33 bits per heavy atom. The highest BCUT2D eigenvalue weighted by Crippen LogP contribution is 2.29. The summed E-state index contributed by atoms with van der Waals surface area (Å²) in [6, 6.07) is 2.12. The first-order valence-electron chi connectivity index (χ1n) is 4.56. The van der Waals surface area contributed by atoms with E-state index >= 15 is 0 Å². The molecule has 12 heavy (non-hydrogen) atoms. The molecule has 1 rings (SSSR count). The van der Waals surface area contributed by atoms with Crippen LogP contribution in [-0.4, -0.2) is 23.8 Å². The van der Waals surface area contributed by atoms with E-state index in [-0.39, 0.29) is 12.6 Å². The SMILES string of the molecule is CCC1CC(NC(C#N)CO)C1. The quantitative estimate of drug-likeness (QED) is 0.648. The number of nitrogens with one attached hydrogen (secondary N) is 1. The predicted molar refractivity (Wildman–Crippen MR) is 46.4 cm³/mol. The summed E-state index contributed by atoms with van der Waals surface area (Å²) in [4.78, 5) is 0. The molecule has 1 unspecified atom stereocenters. The molecule has 1 saturated carbocycles. The van der Waals surface area contributed by atoms with Gasteiger partial charge >= 0.3 is 0 Å². The van der Waals surface area contributed by atoms with E-state index in [2.05, 4.69) is 12.2 Å². The zero-order valence-corrected chi connectivity index (χ0v) is 7.45. The first kappa shape index (κ1) is 9.50. The van der Waals surface area contributed by atoms with Gasteiger partial charge in [0.2, 0.25) is 0 Å². The van der Waals surface area contributed by atoms with Gasteiger partial charge in [-0.3, -0.25) is 5.32 Å². The lowest BCUT2D eigenvalue weighted by molar-refractivity contribution is 0.182. The molecule has 0 aromatic heterocycles. The Labute approximate surface area is 73.4 Å². The number of hydrogen-bond acceptors (Lipinski definition) is 3. The van der Waals surface area contributed by atoms with E-state index in [1.807, 2.05) is 6.07 Å². The molecular formula is C9H16N2O. The van der Waals surface area contributed by atoms with Crippen LogP contribution in [0.3, 0.4) is 0 Å². The molecule has 3 heteroatoms. The molecular weight excluding hydrogens is 152 g/mol. The minimum absolute atomic E-state index is 0.0796. The topological polar surface area (TPSA) is 56.0 Å². The lowest BCUT2D eigenvalue weighted by Crippen LogP contribution is -2.47. The van der Waals surface area contributed by atoms with Crippen molar-refractivity contribution in [2.45, 2.75) is 38.3 Å². The Hall–Kier alpha value is -0.590. The van der Waals surface area contributed by atoms with Crippen molar-refractivity contribution < 1.29 is 5.11 Å². The van der Waals surface area contributed by atoms with E-state index in [9.17, 15) is 0 Å². The van der Waals surface area contributed by atoms with E-state index in [4.69, 9.17) is 10.4 Å². The van der Waals surface area contributed by atoms with Crippen LogP contribution in [0.1, 0.15) is 26.2 Å². The highest BCUT2D eigenvalue weighted by Gasteiger charge is 2.28. The molecule has 1 aliphatic carbocycles. The molecule has 2 N–H and O–H groups in total. The molecule has 0 bridgehead atoms. The van der Waals surface area contributed by atoms with Crippen molar-refractivity contribution in [3.63, 3.8) is 0 Å². The van der Waals surface area contributed by atoms with Crippen molar-refractivity contribution in [2.75, 3.05) is 6.61 Å². The third-order valence-electron chi connectivity index (χ3n) is 2.59. The fourth-order valence-electron chi connectivity index (χ4n) is 1.62. The van der Waals surface area contributed by atoms with Crippen molar-refractivity contribution in [3.05, 3.63) is 0 Å². The number of nitriles is 1. The minimum Gasteiger partial charge on any atom is -0.394 e. The molecule has 1 atom stereocenters. The van der Waals surface area contributed by atoms with Gasteiger partial charge in [-0.2, -0.15) is 5.26 Å². The monoisotopic (exact) mass is 168 g/mol. The fraction of sp³-hybridized carbons (Fsp3) is 0.889. The molecule has 0 aliphatic heterocycles. The van der Waals surface area contributed by atoms with Gasteiger partial charge in [-0.15, -0.1) is 0 Å². The second kappa shape index (κ2) is 4.44. The Morgan fingerprint density at radius 1 is 1.67 bits per heavy atom. The molecule has 68 valence electrons. The first-order chi connectivity index (χ1) is 5.80. The number of aliphatic hydroxyl groups is 1. The summed E-state index contributed by atoms with van der Waals surface area (Å²) in [6.45, 7) is 2.11. The van der Waals surface area contributed by atoms with Crippen LogP contribution in [0.4, 0.5) is 0 Å². The van der Waals surface area contributed by atoms with Crippen molar-refractivity contribution in [1.82, 2.24) is 5.32 Å². The van der Waals surface area contributed by atoms with Crippen LogP contribution in [0, 0.1) is 17.2 Å². The zero-order chi connectivity index (χ0) is 8.97. The first-order valence-corrected chi connectivity index (χ1v) is 4.56. The second-order valence-electron chi connectivity index (χ2n) is 3.47. The summed E-state index contributed by atoms with van der Waals surface area (Å²) in [5, 5.41) is 20.4. The van der Waals surface area contributed by atoms with Crippen LogP contribution in [0.15, 0.2) is 0 Å². The summed E-state index contributed by atoms with van der Waals surface area (Å²) in [6.07, 6.45) is 3.55. The van der Waals surface area contributed by atoms with Crippen molar-refractivity contribution in [3.8, 4) is 6.07 Å². The zero-order valence-electron chi connectivity index (χ0n) is 7.45. The Balaban J connectivity index is 2.14. The molecule has 0 radical (unpaired) electrons. The molecule has 0 heterocycles. The van der Waals surface area contributed by atoms with E-state index < -0.39 is 0 Å². The van der Waals surface area contributed by atoms with Gasteiger partial charge in [-0.25, -0.2) is 0 Å². The van der Waals surface area contributed by atoms with Crippen LogP contribution in [0.2, 0.25) is 0 Å². The van der Waals surface area contributed by atoms with Crippen LogP contribution >= 0.6 is 0 Å². The number of hydrogen-bond donors (Lipinski definition) is 2. The van der Waals surface area contributed by atoms with Gasteiger partial charge < -0.3 is 5.11 Å². The molecule has 1 aliphatic rings. The van der Waals surface area contributed by atoms with Crippen LogP contribution in [0.5, 0.6) is 0 Å². The molecule has 3 nitrogen and oxygen atoms in total. The van der Waals surface area contributed by atoms with Gasteiger partial charge in [-0.05, 0) is 18.8 Å². The second-order valence-corrected chi connectivity index (χ2v) is 3.47. The molecule has 0 amide bonds. The van der Waals surface area contributed by atoms with E-state index in [1.54, 1.807) is 0 Å². The maximum atomic E-state index is 8.73. The third-order valence-corrected chi connectivity index (χ3v) is 2.59. The molecule has 0 saturated heterocycles. The van der Waals surface area contributed by atoms with Gasteiger partial charge in [0.05, 0.1) is 12.7 Å². The summed E-state index contributed by atoms with van der Waals surface area (Å²) < 4.78 is 0. The summed E-state index contributed by atoms with van der Waals surface area (Å²) in [7, 11) is 0. The van der Waals surface area contributed by atoms with E-state index in [0.29, 0.717) is 6.04 Å². The third kappa shape index (κ3) is 2.20. The Morgan fingerprint density at radius 3 is 2.75 bits per heavy atom. The molecule has 0 aromatic carbocycles. The highest BCUT2D eigenvalue weighted by atomic mass is 16.3. The van der Waals surface area contributed by atoms with Gasteiger partial charge in [0.25, 0.3) is 0 Å². The summed E-state index contributed by atoms with van der Waals surface area (Å²) in [5.41, 5.74) is 0. The summed E-state index contributed by atoms with van der Waals surface area (Å²) >= 11 is 0. The smallest absolute Gasteiger partial charge is 0.119 e. The molecule has 1 fully saturated rings. The normalized spacial score (nSPS) is 30.4. The van der Waals surface area contributed by atoms with Crippen molar-refractivity contribution >= 4 is 0 Å². The highest BCUT2D eigenvalue weighted by molar-refractivity contribution is 4.95. The fourth-order valence-corrected chi connectivity index (χ4v) is 1.62. The number of rotatable bonds is 4. The Bertz CT molecular complexity index is 170. The predicted octanol–water partition coefficient (Wildman–Crippen LogP) is 0.649. The van der Waals surface area contributed by atoms with Gasteiger partial charge in [0, 0.05) is 6.04 Å². The minimum atomic E-state index is -0.368. The van der Waals surface area contributed by atoms with Crippen molar-refractivity contribution in [2.24, 2.45) is 5.92 Å². The van der Waals surface area contributed by atoms with Crippen LogP contribution in [0.25, 0.3) is 0 Å². The van der Waals surface area contributed by atoms with Crippen LogP contribution < -0.4 is 5.32 Å². The molecule has 0 spiro atoms. The average molecular weight is 168 g/mol. The average Bonchev–Trinajstić information content (AvgIpc) is 2.03. The number of aliphatic hydroxyl groups excluding tert-OH is 1. The van der Waals surface area contributed by atoms with Crippen LogP contribution in [-0.2, 0) is 0 Å². The Kier molecular flexibility index (Phi) is 3.51.